The van der Waals surface area contributed by atoms with Crippen LogP contribution in [0.2, 0.25) is 0 Å². The second kappa shape index (κ2) is 9.65. The molecular formula is C27H36N6O2. The highest BCUT2D eigenvalue weighted by atomic mass is 16.3. The molecule has 0 amide bonds. The van der Waals surface area contributed by atoms with Gasteiger partial charge >= 0.3 is 0 Å². The van der Waals surface area contributed by atoms with Gasteiger partial charge in [0.05, 0.1) is 22.8 Å². The van der Waals surface area contributed by atoms with E-state index in [4.69, 9.17) is 5.10 Å². The van der Waals surface area contributed by atoms with Crippen LogP contribution in [-0.2, 0) is 5.60 Å². The Morgan fingerprint density at radius 1 is 1.11 bits per heavy atom. The number of aromatic hydroxyl groups is 1. The molecule has 35 heavy (non-hydrogen) atoms. The molecule has 2 fully saturated rings. The van der Waals surface area contributed by atoms with Gasteiger partial charge in [-0.05, 0) is 56.7 Å². The first-order valence-electron chi connectivity index (χ1n) is 13.0. The number of aliphatic hydroxyl groups is 1. The van der Waals surface area contributed by atoms with Gasteiger partial charge in [0.15, 0.2) is 0 Å². The summed E-state index contributed by atoms with van der Waals surface area (Å²) in [6.07, 6.45) is 9.46. The molecule has 1 aromatic carbocycles. The number of fused-ring (bicyclic) bond motifs is 1. The fourth-order valence-corrected chi connectivity index (χ4v) is 5.91. The zero-order chi connectivity index (χ0) is 24.6. The van der Waals surface area contributed by atoms with Crippen LogP contribution >= 0.6 is 0 Å². The van der Waals surface area contributed by atoms with Gasteiger partial charge in [-0.2, -0.15) is 10.4 Å². The summed E-state index contributed by atoms with van der Waals surface area (Å²) in [4.78, 5) is 2.64. The monoisotopic (exact) mass is 476 g/mol. The van der Waals surface area contributed by atoms with E-state index in [-0.39, 0.29) is 11.4 Å². The maximum Gasteiger partial charge on any atom is 0.214 e. The number of benzene rings is 1. The first-order chi connectivity index (χ1) is 17.0. The average Bonchev–Trinajstić information content (AvgIpc) is 3.50. The van der Waals surface area contributed by atoms with Crippen molar-refractivity contribution in [2.45, 2.75) is 70.1 Å². The van der Waals surface area contributed by atoms with Crippen LogP contribution in [0.1, 0.15) is 69.5 Å². The Morgan fingerprint density at radius 2 is 1.80 bits per heavy atom. The van der Waals surface area contributed by atoms with E-state index in [1.807, 2.05) is 32.0 Å². The number of nitrogens with zero attached hydrogens (tertiary/aromatic N) is 5. The lowest BCUT2D eigenvalue weighted by Gasteiger charge is -2.39. The van der Waals surface area contributed by atoms with Gasteiger partial charge in [0.25, 0.3) is 0 Å². The highest BCUT2D eigenvalue weighted by Gasteiger charge is 2.31. The highest BCUT2D eigenvalue weighted by molar-refractivity contribution is 5.82. The van der Waals surface area contributed by atoms with Gasteiger partial charge in [-0.3, -0.25) is 14.1 Å². The third-order valence-corrected chi connectivity index (χ3v) is 8.26. The number of hydrogen-bond donors (Lipinski definition) is 3. The third kappa shape index (κ3) is 4.33. The summed E-state index contributed by atoms with van der Waals surface area (Å²) in [5.74, 6) is -0.110. The number of hydrogen-bond acceptors (Lipinski definition) is 6. The lowest BCUT2D eigenvalue weighted by molar-refractivity contribution is 0.0284. The number of nitriles is 1. The first kappa shape index (κ1) is 23.9. The Hall–Kier alpha value is -2.86. The molecular weight excluding hydrogens is 440 g/mol. The fraction of sp³-hybridized carbons (Fsp3) is 0.556. The summed E-state index contributed by atoms with van der Waals surface area (Å²) in [5, 5.41) is 40.8. The molecule has 3 N–H and O–H groups in total. The van der Waals surface area contributed by atoms with Crippen molar-refractivity contribution in [3.63, 3.8) is 0 Å². The van der Waals surface area contributed by atoms with Crippen molar-refractivity contribution in [2.75, 3.05) is 26.2 Å². The van der Waals surface area contributed by atoms with Crippen molar-refractivity contribution in [3.8, 4) is 17.6 Å². The van der Waals surface area contributed by atoms with E-state index in [0.717, 1.165) is 55.5 Å². The van der Waals surface area contributed by atoms with Crippen molar-refractivity contribution in [1.29, 1.82) is 5.26 Å². The molecule has 3 heterocycles. The molecule has 1 saturated heterocycles. The predicted octanol–water partition coefficient (Wildman–Crippen LogP) is 3.80. The Bertz CT molecular complexity index is 1220. The molecule has 186 valence electrons. The van der Waals surface area contributed by atoms with Crippen LogP contribution in [0, 0.1) is 11.3 Å². The van der Waals surface area contributed by atoms with Gasteiger partial charge in [0.1, 0.15) is 11.6 Å². The molecule has 0 radical (unpaired) electrons. The number of piperazine rings is 1. The van der Waals surface area contributed by atoms with Gasteiger partial charge in [-0.25, -0.2) is 0 Å². The molecule has 1 saturated carbocycles. The Balaban J connectivity index is 1.48. The van der Waals surface area contributed by atoms with Gasteiger partial charge in [0, 0.05) is 55.6 Å². The van der Waals surface area contributed by atoms with E-state index < -0.39 is 5.60 Å². The summed E-state index contributed by atoms with van der Waals surface area (Å²) in [6.45, 7) is 8.38. The summed E-state index contributed by atoms with van der Waals surface area (Å²) >= 11 is 0. The molecule has 0 spiro atoms. The van der Waals surface area contributed by atoms with Crippen molar-refractivity contribution in [1.82, 2.24) is 24.6 Å². The summed E-state index contributed by atoms with van der Waals surface area (Å²) in [6, 6.07) is 8.62. The van der Waals surface area contributed by atoms with Crippen LogP contribution in [0.3, 0.4) is 0 Å². The van der Waals surface area contributed by atoms with Crippen LogP contribution in [0.25, 0.3) is 16.6 Å². The molecule has 0 atom stereocenters. The Labute approximate surface area is 206 Å². The van der Waals surface area contributed by atoms with Crippen molar-refractivity contribution in [3.05, 3.63) is 41.7 Å². The van der Waals surface area contributed by atoms with E-state index in [2.05, 4.69) is 21.1 Å². The third-order valence-electron chi connectivity index (χ3n) is 8.26. The molecule has 3 aromatic rings. The molecule has 2 aromatic heterocycles. The van der Waals surface area contributed by atoms with E-state index in [9.17, 15) is 15.5 Å². The molecule has 8 nitrogen and oxygen atoms in total. The predicted molar refractivity (Wildman–Crippen MR) is 136 cm³/mol. The lowest BCUT2D eigenvalue weighted by atomic mass is 9.86. The maximum atomic E-state index is 11.5. The van der Waals surface area contributed by atoms with Crippen LogP contribution in [0.5, 0.6) is 5.88 Å². The zero-order valence-electron chi connectivity index (χ0n) is 20.7. The molecule has 1 aliphatic carbocycles. The van der Waals surface area contributed by atoms with E-state index in [1.54, 1.807) is 16.8 Å². The SMILES string of the molecule is CCC(O)(CC)c1cc2nn(C3CCC(N4CCNCC4)CC3)cc2cc1-n1ccc(C#N)c1O. The quantitative estimate of drug-likeness (QED) is 0.500. The normalized spacial score (nSPS) is 21.9. The second-order valence-electron chi connectivity index (χ2n) is 10.1. The number of nitrogens with one attached hydrogen (secondary N) is 1. The minimum Gasteiger partial charge on any atom is -0.493 e. The smallest absolute Gasteiger partial charge is 0.214 e. The second-order valence-corrected chi connectivity index (χ2v) is 10.1. The van der Waals surface area contributed by atoms with Crippen molar-refractivity contribution >= 4 is 10.9 Å². The van der Waals surface area contributed by atoms with Crippen molar-refractivity contribution in [2.24, 2.45) is 0 Å². The first-order valence-corrected chi connectivity index (χ1v) is 13.0. The van der Waals surface area contributed by atoms with Crippen LogP contribution in [0.4, 0.5) is 0 Å². The molecule has 2 aliphatic rings. The van der Waals surface area contributed by atoms with Crippen LogP contribution in [0.15, 0.2) is 30.6 Å². The minimum atomic E-state index is -1.06. The van der Waals surface area contributed by atoms with Gasteiger partial charge in [-0.15, -0.1) is 0 Å². The summed E-state index contributed by atoms with van der Waals surface area (Å²) < 4.78 is 3.71. The molecule has 5 rings (SSSR count). The van der Waals surface area contributed by atoms with Gasteiger partial charge in [-0.1, -0.05) is 13.8 Å². The van der Waals surface area contributed by atoms with E-state index in [1.165, 1.54) is 12.8 Å². The van der Waals surface area contributed by atoms with E-state index in [0.29, 0.717) is 30.6 Å². The average molecular weight is 477 g/mol. The number of aromatic nitrogens is 3. The minimum absolute atomic E-state index is 0.110. The zero-order valence-corrected chi connectivity index (χ0v) is 20.7. The fourth-order valence-electron chi connectivity index (χ4n) is 5.91. The highest BCUT2D eigenvalue weighted by Crippen LogP contribution is 2.39. The Morgan fingerprint density at radius 3 is 2.43 bits per heavy atom. The maximum absolute atomic E-state index is 11.5. The van der Waals surface area contributed by atoms with Crippen LogP contribution in [-0.4, -0.2) is 61.7 Å². The standard InChI is InChI=1S/C27H36N6O2/c1-3-27(35,4-2)23-16-24-20(15-25(23)32-12-9-19(17-28)26(32)34)18-33(30-24)22-7-5-21(6-8-22)31-13-10-29-11-14-31/h9,12,15-16,18,21-22,29,34-35H,3-8,10-11,13-14H2,1-2H3. The van der Waals surface area contributed by atoms with Crippen LogP contribution < -0.4 is 5.32 Å². The largest absolute Gasteiger partial charge is 0.493 e. The van der Waals surface area contributed by atoms with Gasteiger partial charge in [0.2, 0.25) is 5.88 Å². The summed E-state index contributed by atoms with van der Waals surface area (Å²) in [7, 11) is 0. The lowest BCUT2D eigenvalue weighted by Crippen LogP contribution is -2.49. The Kier molecular flexibility index (Phi) is 6.58. The molecule has 8 heteroatoms. The molecule has 0 unspecified atom stereocenters. The van der Waals surface area contributed by atoms with E-state index >= 15 is 0 Å². The topological polar surface area (TPSA) is 102 Å². The van der Waals surface area contributed by atoms with Crippen molar-refractivity contribution < 1.29 is 10.2 Å². The molecule has 1 aliphatic heterocycles. The molecule has 0 bridgehead atoms. The van der Waals surface area contributed by atoms with Gasteiger partial charge < -0.3 is 15.5 Å². The summed E-state index contributed by atoms with van der Waals surface area (Å²) in [5.41, 5.74) is 1.41. The number of rotatable bonds is 6.